The first kappa shape index (κ1) is 31.1. The Labute approximate surface area is 250 Å². The zero-order chi connectivity index (χ0) is 29.9. The second-order valence-electron chi connectivity index (χ2n) is 8.89. The monoisotopic (exact) mass is 613 g/mol. The molecule has 0 saturated carbocycles. The van der Waals surface area contributed by atoms with Crippen molar-refractivity contribution in [1.29, 1.82) is 0 Å². The Morgan fingerprint density at radius 1 is 0.952 bits per heavy atom. The van der Waals surface area contributed by atoms with Crippen LogP contribution in [0.3, 0.4) is 0 Å². The zero-order valence-electron chi connectivity index (χ0n) is 23.2. The van der Waals surface area contributed by atoms with E-state index >= 15 is 0 Å². The second-order valence-corrected chi connectivity index (χ2v) is 11.6. The molecule has 1 aliphatic heterocycles. The predicted octanol–water partition coefficient (Wildman–Crippen LogP) is 4.43. The molecule has 2 aliphatic rings. The van der Waals surface area contributed by atoms with Crippen molar-refractivity contribution in [3.05, 3.63) is 53.9 Å². The van der Waals surface area contributed by atoms with Crippen molar-refractivity contribution in [2.24, 2.45) is 4.99 Å². The fourth-order valence-corrected chi connectivity index (χ4v) is 5.79. The van der Waals surface area contributed by atoms with Crippen LogP contribution in [0.2, 0.25) is 0 Å². The number of aliphatic hydroxyl groups excluding tert-OH is 1. The Morgan fingerprint density at radius 3 is 2.33 bits per heavy atom. The molecule has 0 unspecified atom stereocenters. The number of amides is 1. The van der Waals surface area contributed by atoms with Crippen molar-refractivity contribution in [2.75, 3.05) is 56.9 Å². The van der Waals surface area contributed by atoms with Crippen LogP contribution in [-0.4, -0.2) is 80.2 Å². The Bertz CT molecular complexity index is 1570. The van der Waals surface area contributed by atoms with Gasteiger partial charge in [0.15, 0.2) is 11.3 Å². The highest BCUT2D eigenvalue weighted by atomic mass is 33.1. The van der Waals surface area contributed by atoms with Gasteiger partial charge in [0.25, 0.3) is 0 Å². The lowest BCUT2D eigenvalue weighted by Gasteiger charge is -2.24. The summed E-state index contributed by atoms with van der Waals surface area (Å²) in [5, 5.41) is 10.7. The molecule has 1 amide bonds. The number of hydrogen-bond acceptors (Lipinski definition) is 12. The molecule has 2 aromatic carbocycles. The molecule has 42 heavy (non-hydrogen) atoms. The molecule has 1 aliphatic carbocycles. The first-order valence-electron chi connectivity index (χ1n) is 13.1. The molecule has 11 nitrogen and oxygen atoms in total. The van der Waals surface area contributed by atoms with Gasteiger partial charge < -0.3 is 28.6 Å². The van der Waals surface area contributed by atoms with Crippen molar-refractivity contribution in [3.8, 4) is 11.5 Å². The lowest BCUT2D eigenvalue weighted by Crippen LogP contribution is -2.29. The standard InChI is InChI=1S/C29H31N3O8S2/c1-37-26(34)9-11-32(12-10-27(35)38-2)19-7-8-22-24(17-19)40-25-18-23(20-5-3-4-6-21(20)28(25)30-22)31-29(36)39-14-16-42-41-15-13-33/h3-8,17-18,33H,9-16H2,1-2H3. The second kappa shape index (κ2) is 15.4. The molecule has 0 fully saturated rings. The minimum atomic E-state index is -0.713. The Kier molecular flexibility index (Phi) is 11.4. The number of ether oxygens (including phenoxy) is 3. The van der Waals surface area contributed by atoms with Crippen molar-refractivity contribution in [1.82, 2.24) is 4.98 Å². The number of methoxy groups -OCH3 is 2. The minimum absolute atomic E-state index is 0.0986. The molecule has 2 aromatic rings. The smallest absolute Gasteiger partial charge is 0.434 e. The van der Waals surface area contributed by atoms with Crippen LogP contribution in [0.4, 0.5) is 10.5 Å². The van der Waals surface area contributed by atoms with Gasteiger partial charge >= 0.3 is 18.0 Å². The number of anilines is 1. The maximum atomic E-state index is 12.5. The highest BCUT2D eigenvalue weighted by Crippen LogP contribution is 2.32. The summed E-state index contributed by atoms with van der Waals surface area (Å²) in [5.41, 5.74) is 2.42. The van der Waals surface area contributed by atoms with Gasteiger partial charge in [-0.1, -0.05) is 45.9 Å². The summed E-state index contributed by atoms with van der Waals surface area (Å²) in [6.45, 7) is 0.940. The van der Waals surface area contributed by atoms with Crippen LogP contribution in [0.5, 0.6) is 0 Å². The van der Waals surface area contributed by atoms with Gasteiger partial charge in [-0.05, 0) is 12.1 Å². The van der Waals surface area contributed by atoms with E-state index in [9.17, 15) is 14.4 Å². The summed E-state index contributed by atoms with van der Waals surface area (Å²) in [6, 6.07) is 14.6. The molecule has 0 radical (unpaired) electrons. The number of aliphatic hydroxyl groups is 1. The van der Waals surface area contributed by atoms with E-state index in [2.05, 4.69) is 4.99 Å². The van der Waals surface area contributed by atoms with Crippen LogP contribution in [0, 0.1) is 0 Å². The number of aromatic nitrogens is 1. The van der Waals surface area contributed by atoms with Gasteiger partial charge in [-0.25, -0.2) is 9.78 Å². The number of carbonyl (C=O) groups excluding carboxylic acids is 3. The predicted molar refractivity (Wildman–Crippen MR) is 163 cm³/mol. The zero-order valence-corrected chi connectivity index (χ0v) is 24.9. The number of benzene rings is 3. The van der Waals surface area contributed by atoms with Crippen LogP contribution in [0.25, 0.3) is 33.3 Å². The van der Waals surface area contributed by atoms with Crippen LogP contribution < -0.4 is 10.3 Å². The molecule has 1 heterocycles. The maximum absolute atomic E-state index is 12.5. The number of hydrogen-bond donors (Lipinski definition) is 1. The van der Waals surface area contributed by atoms with Gasteiger partial charge in [0.05, 0.1) is 39.0 Å². The molecule has 0 spiro atoms. The van der Waals surface area contributed by atoms with E-state index in [4.69, 9.17) is 28.7 Å². The minimum Gasteiger partial charge on any atom is -0.469 e. The quantitative estimate of drug-likeness (QED) is 0.0569. The highest BCUT2D eigenvalue weighted by Gasteiger charge is 2.18. The molecular formula is C29H31N3O8S2. The summed E-state index contributed by atoms with van der Waals surface area (Å²) < 4.78 is 21.1. The molecule has 0 bridgehead atoms. The topological polar surface area (TPSA) is 141 Å². The molecule has 13 heteroatoms. The molecule has 0 atom stereocenters. The molecule has 0 aromatic heterocycles. The van der Waals surface area contributed by atoms with Gasteiger partial charge in [-0.15, -0.1) is 0 Å². The summed E-state index contributed by atoms with van der Waals surface area (Å²) in [4.78, 5) is 47.0. The van der Waals surface area contributed by atoms with Gasteiger partial charge in [-0.2, -0.15) is 4.99 Å². The number of carbonyl (C=O) groups is 3. The average molecular weight is 614 g/mol. The van der Waals surface area contributed by atoms with Crippen molar-refractivity contribution in [3.63, 3.8) is 0 Å². The normalized spacial score (nSPS) is 11.6. The van der Waals surface area contributed by atoms with Crippen LogP contribution >= 0.6 is 21.6 Å². The Morgan fingerprint density at radius 2 is 1.64 bits per heavy atom. The molecule has 4 rings (SSSR count). The van der Waals surface area contributed by atoms with Crippen molar-refractivity contribution >= 4 is 67.2 Å². The molecule has 222 valence electrons. The van der Waals surface area contributed by atoms with Gasteiger partial charge in [0.2, 0.25) is 0 Å². The Hall–Kier alpha value is -3.81. The summed E-state index contributed by atoms with van der Waals surface area (Å²) >= 11 is 0. The van der Waals surface area contributed by atoms with E-state index in [1.807, 2.05) is 41.3 Å². The fraction of sp³-hybridized carbons (Fsp3) is 0.345. The van der Waals surface area contributed by atoms with E-state index < -0.39 is 6.09 Å². The number of esters is 2. The first-order valence-corrected chi connectivity index (χ1v) is 15.6. The van der Waals surface area contributed by atoms with Gasteiger partial charge in [-0.3, -0.25) is 9.59 Å². The van der Waals surface area contributed by atoms with Crippen molar-refractivity contribution < 1.29 is 38.1 Å². The SMILES string of the molecule is COC(=O)CCN(CCC(=O)OC)c1ccc2nc3c4ccccc4c(=NC(=O)OCCSSCCO)cc-3oc2c1. The van der Waals surface area contributed by atoms with E-state index in [1.54, 1.807) is 12.1 Å². The van der Waals surface area contributed by atoms with E-state index in [1.165, 1.54) is 35.8 Å². The average Bonchev–Trinajstić information content (AvgIpc) is 3.01. The fourth-order valence-electron chi connectivity index (χ4n) is 4.19. The first-order chi connectivity index (χ1) is 20.4. The lowest BCUT2D eigenvalue weighted by molar-refractivity contribution is -0.140. The van der Waals surface area contributed by atoms with Crippen molar-refractivity contribution in [2.45, 2.75) is 12.8 Å². The number of rotatable bonds is 13. The Balaban J connectivity index is 1.68. The third-order valence-electron chi connectivity index (χ3n) is 6.21. The van der Waals surface area contributed by atoms with E-state index in [0.717, 1.165) is 16.5 Å². The number of nitrogens with zero attached hydrogens (tertiary/aromatic N) is 3. The van der Waals surface area contributed by atoms with Gasteiger partial charge in [0, 0.05) is 53.2 Å². The summed E-state index contributed by atoms with van der Waals surface area (Å²) in [6.07, 6.45) is -0.443. The van der Waals surface area contributed by atoms with Crippen LogP contribution in [0.1, 0.15) is 12.8 Å². The van der Waals surface area contributed by atoms with Crippen LogP contribution in [0.15, 0.2) is 57.9 Å². The van der Waals surface area contributed by atoms with E-state index in [0.29, 0.717) is 52.5 Å². The van der Waals surface area contributed by atoms with Gasteiger partial charge in [0.1, 0.15) is 17.8 Å². The third-order valence-corrected chi connectivity index (χ3v) is 8.56. The molecule has 1 N–H and O–H groups in total. The largest absolute Gasteiger partial charge is 0.469 e. The molecular weight excluding hydrogens is 582 g/mol. The summed E-state index contributed by atoms with van der Waals surface area (Å²) in [7, 11) is 5.68. The number of fused-ring (bicyclic) bond motifs is 4. The lowest BCUT2D eigenvalue weighted by atomic mass is 10.0. The van der Waals surface area contributed by atoms with E-state index in [-0.39, 0.29) is 38.0 Å². The summed E-state index contributed by atoms with van der Waals surface area (Å²) in [5.74, 6) is 0.888. The molecule has 0 saturated heterocycles. The third kappa shape index (κ3) is 8.14. The maximum Gasteiger partial charge on any atom is 0.434 e. The van der Waals surface area contributed by atoms with Crippen LogP contribution in [-0.2, 0) is 23.8 Å². The highest BCUT2D eigenvalue weighted by molar-refractivity contribution is 8.76.